The van der Waals surface area contributed by atoms with Crippen LogP contribution in [0.4, 0.5) is 0 Å². The molecule has 2 aromatic rings. The minimum atomic E-state index is -3.93. The molecule has 0 aliphatic carbocycles. The molecule has 0 fully saturated rings. The summed E-state index contributed by atoms with van der Waals surface area (Å²) in [5, 5.41) is 3.43. The molecule has 1 atom stereocenters. The maximum absolute atomic E-state index is 13.3. The molecule has 10 heteroatoms. The van der Waals surface area contributed by atoms with Crippen molar-refractivity contribution in [2.75, 3.05) is 6.54 Å². The maximum atomic E-state index is 13.3. The minimum absolute atomic E-state index is 0.0166. The second kappa shape index (κ2) is 11.2. The fourth-order valence-corrected chi connectivity index (χ4v) is 5.79. The quantitative estimate of drug-likeness (QED) is 0.516. The summed E-state index contributed by atoms with van der Waals surface area (Å²) in [5.74, 6) is -1.14. The van der Waals surface area contributed by atoms with Crippen molar-refractivity contribution in [3.05, 3.63) is 64.7 Å². The normalized spacial score (nSPS) is 15.1. The molecule has 3 rings (SSSR count). The first-order valence-corrected chi connectivity index (χ1v) is 13.4. The molecule has 188 valence electrons. The van der Waals surface area contributed by atoms with Crippen LogP contribution in [-0.2, 0) is 26.2 Å². The molecule has 35 heavy (non-hydrogen) atoms. The lowest BCUT2D eigenvalue weighted by atomic mass is 10.1. The van der Waals surface area contributed by atoms with Crippen LogP contribution < -0.4 is 5.32 Å². The Morgan fingerprint density at radius 1 is 1.09 bits per heavy atom. The summed E-state index contributed by atoms with van der Waals surface area (Å²) in [5.41, 5.74) is 0.950. The van der Waals surface area contributed by atoms with Crippen molar-refractivity contribution in [2.24, 2.45) is 0 Å². The van der Waals surface area contributed by atoms with Gasteiger partial charge >= 0.3 is 0 Å². The largest absolute Gasteiger partial charge is 0.352 e. The molecule has 0 saturated carbocycles. The predicted octanol–water partition coefficient (Wildman–Crippen LogP) is 3.60. The molecular formula is C25H30ClN3O5S. The molecule has 0 aromatic heterocycles. The molecule has 0 saturated heterocycles. The van der Waals surface area contributed by atoms with Crippen molar-refractivity contribution in [1.29, 1.82) is 0 Å². The molecule has 1 aliphatic rings. The van der Waals surface area contributed by atoms with Crippen molar-refractivity contribution in [2.45, 2.75) is 63.6 Å². The van der Waals surface area contributed by atoms with E-state index in [0.717, 1.165) is 9.87 Å². The van der Waals surface area contributed by atoms with Gasteiger partial charge in [-0.3, -0.25) is 14.4 Å². The average Bonchev–Trinajstić information content (AvgIpc) is 3.00. The van der Waals surface area contributed by atoms with Crippen LogP contribution in [0.2, 0.25) is 5.02 Å². The van der Waals surface area contributed by atoms with Gasteiger partial charge in [-0.05, 0) is 56.5 Å². The van der Waals surface area contributed by atoms with Crippen molar-refractivity contribution in [3.8, 4) is 0 Å². The van der Waals surface area contributed by atoms with Crippen molar-refractivity contribution >= 4 is 39.3 Å². The average molecular weight is 520 g/mol. The third kappa shape index (κ3) is 6.02. The Morgan fingerprint density at radius 2 is 1.74 bits per heavy atom. The summed E-state index contributed by atoms with van der Waals surface area (Å²) >= 11 is 5.98. The van der Waals surface area contributed by atoms with Crippen LogP contribution in [0.5, 0.6) is 0 Å². The molecule has 1 heterocycles. The van der Waals surface area contributed by atoms with E-state index in [0.29, 0.717) is 11.4 Å². The zero-order chi connectivity index (χ0) is 25.8. The first-order valence-electron chi connectivity index (χ1n) is 11.6. The topological polar surface area (TPSA) is 104 Å². The van der Waals surface area contributed by atoms with Gasteiger partial charge in [-0.2, -0.15) is 0 Å². The number of amides is 3. The summed E-state index contributed by atoms with van der Waals surface area (Å²) in [6.07, 6.45) is 0.526. The number of carbonyl (C=O) groups excluding carboxylic acids is 3. The van der Waals surface area contributed by atoms with Gasteiger partial charge in [0, 0.05) is 30.6 Å². The van der Waals surface area contributed by atoms with E-state index in [2.05, 4.69) is 5.32 Å². The number of hydrogen-bond donors (Lipinski definition) is 1. The van der Waals surface area contributed by atoms with Gasteiger partial charge in [0.2, 0.25) is 11.8 Å². The first kappa shape index (κ1) is 26.7. The summed E-state index contributed by atoms with van der Waals surface area (Å²) in [7, 11) is -3.93. The number of nitrogens with zero attached hydrogens (tertiary/aromatic N) is 2. The van der Waals surface area contributed by atoms with Crippen LogP contribution in [0.1, 0.15) is 56.0 Å². The Balaban J connectivity index is 1.74. The van der Waals surface area contributed by atoms with E-state index in [4.69, 9.17) is 11.6 Å². The highest BCUT2D eigenvalue weighted by molar-refractivity contribution is 7.90. The summed E-state index contributed by atoms with van der Waals surface area (Å²) in [6, 6.07) is 12.3. The molecule has 0 bridgehead atoms. The second-order valence-corrected chi connectivity index (χ2v) is 11.0. The summed E-state index contributed by atoms with van der Waals surface area (Å²) in [6.45, 7) is 5.61. The van der Waals surface area contributed by atoms with Crippen LogP contribution >= 0.6 is 11.6 Å². The van der Waals surface area contributed by atoms with Crippen molar-refractivity contribution < 1.29 is 22.8 Å². The predicted molar refractivity (Wildman–Crippen MR) is 133 cm³/mol. The molecule has 2 aromatic carbocycles. The number of nitrogens with one attached hydrogen (secondary N) is 1. The Labute approximate surface area is 211 Å². The summed E-state index contributed by atoms with van der Waals surface area (Å²) < 4.78 is 26.3. The monoisotopic (exact) mass is 519 g/mol. The lowest BCUT2D eigenvalue weighted by molar-refractivity contribution is -0.141. The Hall–Kier alpha value is -2.91. The third-order valence-electron chi connectivity index (χ3n) is 5.75. The molecule has 0 radical (unpaired) electrons. The molecule has 3 amide bonds. The highest BCUT2D eigenvalue weighted by Gasteiger charge is 2.40. The van der Waals surface area contributed by atoms with E-state index in [1.807, 2.05) is 20.8 Å². The number of halogens is 1. The van der Waals surface area contributed by atoms with E-state index in [9.17, 15) is 22.8 Å². The first-order chi connectivity index (χ1) is 16.6. The highest BCUT2D eigenvalue weighted by atomic mass is 35.5. The van der Waals surface area contributed by atoms with Gasteiger partial charge in [-0.15, -0.1) is 0 Å². The lowest BCUT2D eigenvalue weighted by Crippen LogP contribution is -2.50. The minimum Gasteiger partial charge on any atom is -0.352 e. The van der Waals surface area contributed by atoms with E-state index in [1.54, 1.807) is 36.4 Å². The molecule has 1 N–H and O–H groups in total. The third-order valence-corrected chi connectivity index (χ3v) is 7.84. The van der Waals surface area contributed by atoms with E-state index in [-0.39, 0.29) is 54.2 Å². The van der Waals surface area contributed by atoms with Gasteiger partial charge in [-0.25, -0.2) is 12.7 Å². The zero-order valence-corrected chi connectivity index (χ0v) is 21.6. The Kier molecular flexibility index (Phi) is 8.56. The van der Waals surface area contributed by atoms with Gasteiger partial charge < -0.3 is 10.2 Å². The number of rotatable bonds is 10. The molecular weight excluding hydrogens is 490 g/mol. The van der Waals surface area contributed by atoms with Crippen molar-refractivity contribution in [1.82, 2.24) is 14.5 Å². The SMILES string of the molecule is CC[C@H](C(=O)NC(C)C)N(Cc1ccc(Cl)cc1)C(=O)CCCN1C(=O)c2ccccc2S1(=O)=O. The van der Waals surface area contributed by atoms with Gasteiger partial charge in [-0.1, -0.05) is 42.8 Å². The van der Waals surface area contributed by atoms with Gasteiger partial charge in [0.15, 0.2) is 0 Å². The smallest absolute Gasteiger partial charge is 0.269 e. The van der Waals surface area contributed by atoms with Crippen LogP contribution in [0, 0.1) is 0 Å². The molecule has 0 spiro atoms. The number of fused-ring (bicyclic) bond motifs is 1. The standard InChI is InChI=1S/C25H30ClN3O5S/c1-4-21(24(31)27-17(2)3)28(16-18-11-13-19(26)14-12-18)23(30)10-7-15-29-25(32)20-8-5-6-9-22(20)35(29,33)34/h5-6,8-9,11-14,17,21H,4,7,10,15-16H2,1-3H3,(H,27,31)/t21-/m1/s1. The molecule has 1 aliphatic heterocycles. The Bertz CT molecular complexity index is 1200. The Morgan fingerprint density at radius 3 is 2.34 bits per heavy atom. The second-order valence-electron chi connectivity index (χ2n) is 8.72. The van der Waals surface area contributed by atoms with Gasteiger partial charge in [0.1, 0.15) is 10.9 Å². The van der Waals surface area contributed by atoms with Crippen LogP contribution in [-0.4, -0.2) is 54.0 Å². The van der Waals surface area contributed by atoms with Crippen LogP contribution in [0.3, 0.4) is 0 Å². The highest BCUT2D eigenvalue weighted by Crippen LogP contribution is 2.30. The van der Waals surface area contributed by atoms with Gasteiger partial charge in [0.25, 0.3) is 15.9 Å². The lowest BCUT2D eigenvalue weighted by Gasteiger charge is -2.31. The maximum Gasteiger partial charge on any atom is 0.269 e. The number of carbonyl (C=O) groups is 3. The summed E-state index contributed by atoms with van der Waals surface area (Å²) in [4.78, 5) is 40.3. The number of benzene rings is 2. The number of sulfonamides is 1. The molecule has 8 nitrogen and oxygen atoms in total. The fourth-order valence-electron chi connectivity index (χ4n) is 4.06. The fraction of sp³-hybridized carbons (Fsp3) is 0.400. The van der Waals surface area contributed by atoms with E-state index < -0.39 is 22.0 Å². The van der Waals surface area contributed by atoms with E-state index >= 15 is 0 Å². The van der Waals surface area contributed by atoms with E-state index in [1.165, 1.54) is 17.0 Å². The van der Waals surface area contributed by atoms with Crippen molar-refractivity contribution in [3.63, 3.8) is 0 Å². The zero-order valence-electron chi connectivity index (χ0n) is 20.0. The van der Waals surface area contributed by atoms with Crippen LogP contribution in [0.15, 0.2) is 53.4 Å². The van der Waals surface area contributed by atoms with Crippen LogP contribution in [0.25, 0.3) is 0 Å². The molecule has 0 unspecified atom stereocenters. The van der Waals surface area contributed by atoms with Gasteiger partial charge in [0.05, 0.1) is 5.56 Å². The number of hydrogen-bond acceptors (Lipinski definition) is 5.